The van der Waals surface area contributed by atoms with Crippen LogP contribution < -0.4 is 19.9 Å². The maximum Gasteiger partial charge on any atom is 0.417 e. The lowest BCUT2D eigenvalue weighted by Gasteiger charge is -2.32. The van der Waals surface area contributed by atoms with E-state index in [0.29, 0.717) is 23.7 Å². The lowest BCUT2D eigenvalue weighted by molar-refractivity contribution is -0.137. The summed E-state index contributed by atoms with van der Waals surface area (Å²) in [6, 6.07) is 9.68. The van der Waals surface area contributed by atoms with Crippen molar-refractivity contribution in [1.29, 1.82) is 5.26 Å². The summed E-state index contributed by atoms with van der Waals surface area (Å²) < 4.78 is 46.1. The highest BCUT2D eigenvalue weighted by Gasteiger charge is 2.51. The highest BCUT2D eigenvalue weighted by Crippen LogP contribution is 2.41. The number of nitrogens with one attached hydrogen (secondary N) is 1. The molecular formula is C22H19F3N4O3S. The van der Waals surface area contributed by atoms with E-state index in [9.17, 15) is 23.1 Å². The Hall–Kier alpha value is -3.36. The van der Waals surface area contributed by atoms with Gasteiger partial charge in [0, 0.05) is 5.69 Å². The molecule has 1 amide bonds. The van der Waals surface area contributed by atoms with Gasteiger partial charge in [-0.25, -0.2) is 0 Å². The van der Waals surface area contributed by atoms with E-state index in [1.54, 1.807) is 36.9 Å². The summed E-state index contributed by atoms with van der Waals surface area (Å²) in [7, 11) is 0. The maximum atomic E-state index is 13.5. The van der Waals surface area contributed by atoms with E-state index in [4.69, 9.17) is 22.2 Å². The van der Waals surface area contributed by atoms with Gasteiger partial charge in [-0.3, -0.25) is 9.69 Å². The van der Waals surface area contributed by atoms with Crippen molar-refractivity contribution >= 4 is 40.3 Å². The smallest absolute Gasteiger partial charge is 0.417 e. The molecule has 2 heterocycles. The third-order valence-corrected chi connectivity index (χ3v) is 5.96. The van der Waals surface area contributed by atoms with Crippen LogP contribution in [0.25, 0.3) is 0 Å². The van der Waals surface area contributed by atoms with Gasteiger partial charge in [0.1, 0.15) is 17.4 Å². The molecule has 4 rings (SSSR count). The number of amides is 1. The topological polar surface area (TPSA) is 88.8 Å². The van der Waals surface area contributed by atoms with Gasteiger partial charge in [-0.15, -0.1) is 0 Å². The van der Waals surface area contributed by atoms with Crippen LogP contribution in [0.3, 0.4) is 0 Å². The van der Waals surface area contributed by atoms with Gasteiger partial charge in [-0.2, -0.15) is 18.4 Å². The summed E-state index contributed by atoms with van der Waals surface area (Å²) in [5.74, 6) is 0.0182. The number of halogens is 3. The van der Waals surface area contributed by atoms with E-state index in [1.165, 1.54) is 12.1 Å². The molecule has 2 N–H and O–H groups in total. The van der Waals surface area contributed by atoms with E-state index in [-0.39, 0.29) is 23.5 Å². The van der Waals surface area contributed by atoms with E-state index in [1.807, 2.05) is 0 Å². The van der Waals surface area contributed by atoms with Gasteiger partial charge in [-0.1, -0.05) is 0 Å². The molecule has 2 aromatic rings. The molecule has 11 heteroatoms. The predicted octanol–water partition coefficient (Wildman–Crippen LogP) is 3.66. The number of aliphatic hydroxyl groups excluding tert-OH is 1. The van der Waals surface area contributed by atoms with Crippen molar-refractivity contribution in [3.8, 4) is 11.8 Å². The number of carbonyl (C=O) groups is 1. The number of thiocarbonyl (C=S) groups is 1. The second-order valence-electron chi connectivity index (χ2n) is 8.14. The van der Waals surface area contributed by atoms with E-state index in [0.717, 1.165) is 17.0 Å². The molecule has 2 aliphatic heterocycles. The minimum Gasteiger partial charge on any atom is -0.484 e. The van der Waals surface area contributed by atoms with Gasteiger partial charge in [0.15, 0.2) is 5.11 Å². The molecule has 1 atom stereocenters. The number of nitrogens with zero attached hydrogens (tertiary/aromatic N) is 3. The Bertz CT molecular complexity index is 1190. The van der Waals surface area contributed by atoms with Crippen LogP contribution in [0.2, 0.25) is 0 Å². The summed E-state index contributed by atoms with van der Waals surface area (Å²) in [6.07, 6.45) is -5.15. The quantitative estimate of drug-likeness (QED) is 0.654. The summed E-state index contributed by atoms with van der Waals surface area (Å²) in [5, 5.41) is 21.5. The standard InChI is InChI=1S/C22H19F3N4O3S/c1-21(2)19(31)28(13-4-3-12(9-26)16(7-13)22(23,24)25)20(33)29(21)14-5-6-18-17(8-14)27-10-15(11-30)32-18/h3-8,15,27,30H,10-11H2,1-2H3. The van der Waals surface area contributed by atoms with Gasteiger partial charge in [0.05, 0.1) is 41.7 Å². The fourth-order valence-electron chi connectivity index (χ4n) is 3.90. The van der Waals surface area contributed by atoms with Crippen LogP contribution in [-0.2, 0) is 11.0 Å². The fourth-order valence-corrected chi connectivity index (χ4v) is 4.43. The Labute approximate surface area is 193 Å². The first kappa shape index (κ1) is 22.8. The zero-order valence-electron chi connectivity index (χ0n) is 17.6. The van der Waals surface area contributed by atoms with Crippen molar-refractivity contribution in [1.82, 2.24) is 0 Å². The van der Waals surface area contributed by atoms with Crippen molar-refractivity contribution in [3.05, 3.63) is 47.5 Å². The van der Waals surface area contributed by atoms with Crippen LogP contribution in [0, 0.1) is 11.3 Å². The highest BCUT2D eigenvalue weighted by atomic mass is 32.1. The molecule has 1 unspecified atom stereocenters. The summed E-state index contributed by atoms with van der Waals surface area (Å²) in [5.41, 5.74) is -1.76. The Balaban J connectivity index is 1.74. The largest absolute Gasteiger partial charge is 0.484 e. The van der Waals surface area contributed by atoms with Gasteiger partial charge in [-0.05, 0) is 62.5 Å². The molecule has 0 aromatic heterocycles. The number of alkyl halides is 3. The molecule has 7 nitrogen and oxygen atoms in total. The van der Waals surface area contributed by atoms with Gasteiger partial charge >= 0.3 is 6.18 Å². The number of hydrogen-bond acceptors (Lipinski definition) is 6. The summed E-state index contributed by atoms with van der Waals surface area (Å²) in [4.78, 5) is 15.9. The second kappa shape index (κ2) is 7.90. The number of ether oxygens (including phenoxy) is 1. The van der Waals surface area contributed by atoms with Crippen LogP contribution in [0.4, 0.5) is 30.2 Å². The number of aliphatic hydroxyl groups is 1. The lowest BCUT2D eigenvalue weighted by Crippen LogP contribution is -2.44. The third kappa shape index (κ3) is 3.75. The molecule has 33 heavy (non-hydrogen) atoms. The Kier molecular flexibility index (Phi) is 5.46. The number of anilines is 3. The predicted molar refractivity (Wildman–Crippen MR) is 119 cm³/mol. The minimum absolute atomic E-state index is 0.00717. The van der Waals surface area contributed by atoms with Crippen molar-refractivity contribution in [2.75, 3.05) is 28.3 Å². The zero-order chi connectivity index (χ0) is 24.1. The van der Waals surface area contributed by atoms with E-state index >= 15 is 0 Å². The molecule has 0 bridgehead atoms. The number of carbonyl (C=O) groups excluding carboxylic acids is 1. The molecule has 172 valence electrons. The van der Waals surface area contributed by atoms with Crippen LogP contribution in [0.15, 0.2) is 36.4 Å². The van der Waals surface area contributed by atoms with Crippen LogP contribution in [0.1, 0.15) is 25.0 Å². The highest BCUT2D eigenvalue weighted by molar-refractivity contribution is 7.81. The number of rotatable bonds is 3. The molecule has 1 saturated heterocycles. The Morgan fingerprint density at radius 1 is 1.27 bits per heavy atom. The molecule has 2 aliphatic rings. The number of nitriles is 1. The Morgan fingerprint density at radius 2 is 1.97 bits per heavy atom. The Morgan fingerprint density at radius 3 is 2.61 bits per heavy atom. The van der Waals surface area contributed by atoms with Crippen LogP contribution in [0.5, 0.6) is 5.75 Å². The molecule has 0 radical (unpaired) electrons. The van der Waals surface area contributed by atoms with Crippen molar-refractivity contribution < 1.29 is 27.8 Å². The number of fused-ring (bicyclic) bond motifs is 1. The van der Waals surface area contributed by atoms with Crippen molar-refractivity contribution in [2.24, 2.45) is 0 Å². The number of benzene rings is 2. The average molecular weight is 476 g/mol. The fraction of sp³-hybridized carbons (Fsp3) is 0.318. The molecule has 0 saturated carbocycles. The first-order chi connectivity index (χ1) is 15.5. The van der Waals surface area contributed by atoms with E-state index < -0.39 is 28.7 Å². The first-order valence-corrected chi connectivity index (χ1v) is 10.4. The number of hydrogen-bond donors (Lipinski definition) is 2. The normalized spacial score (nSPS) is 19.6. The van der Waals surface area contributed by atoms with Gasteiger partial charge in [0.25, 0.3) is 5.91 Å². The average Bonchev–Trinajstić information content (AvgIpc) is 2.95. The maximum absolute atomic E-state index is 13.5. The zero-order valence-corrected chi connectivity index (χ0v) is 18.4. The van der Waals surface area contributed by atoms with Crippen molar-refractivity contribution in [2.45, 2.75) is 31.7 Å². The van der Waals surface area contributed by atoms with Gasteiger partial charge in [0.2, 0.25) is 0 Å². The lowest BCUT2D eigenvalue weighted by atomic mass is 10.0. The second-order valence-corrected chi connectivity index (χ2v) is 8.51. The van der Waals surface area contributed by atoms with Crippen LogP contribution >= 0.6 is 12.2 Å². The SMILES string of the molecule is CC1(C)C(=O)N(c2ccc(C#N)c(C(F)(F)F)c2)C(=S)N1c1ccc2c(c1)NCC(CO)O2. The monoisotopic (exact) mass is 476 g/mol. The molecule has 0 aliphatic carbocycles. The molecule has 2 aromatic carbocycles. The first-order valence-electron chi connectivity index (χ1n) is 9.94. The molecule has 0 spiro atoms. The minimum atomic E-state index is -4.77. The summed E-state index contributed by atoms with van der Waals surface area (Å²) in [6.45, 7) is 3.49. The van der Waals surface area contributed by atoms with Crippen LogP contribution in [-0.4, -0.2) is 40.9 Å². The third-order valence-electron chi connectivity index (χ3n) is 5.59. The van der Waals surface area contributed by atoms with Gasteiger partial charge < -0.3 is 20.1 Å². The molecule has 1 fully saturated rings. The van der Waals surface area contributed by atoms with Crippen molar-refractivity contribution in [3.63, 3.8) is 0 Å². The summed E-state index contributed by atoms with van der Waals surface area (Å²) >= 11 is 5.54. The van der Waals surface area contributed by atoms with E-state index in [2.05, 4.69) is 5.32 Å². The molecular weight excluding hydrogens is 457 g/mol.